The van der Waals surface area contributed by atoms with Gasteiger partial charge in [0.05, 0.1) is 6.20 Å². The van der Waals surface area contributed by atoms with Crippen molar-refractivity contribution in [2.75, 3.05) is 0 Å². The van der Waals surface area contributed by atoms with E-state index in [1.165, 1.54) is 0 Å². The molecule has 2 aromatic rings. The lowest BCUT2D eigenvalue weighted by Gasteiger charge is -2.14. The maximum absolute atomic E-state index is 4.30. The van der Waals surface area contributed by atoms with Gasteiger partial charge < -0.3 is 0 Å². The van der Waals surface area contributed by atoms with Crippen molar-refractivity contribution in [3.05, 3.63) is 23.7 Å². The summed E-state index contributed by atoms with van der Waals surface area (Å²) in [7, 11) is 0. The van der Waals surface area contributed by atoms with Crippen LogP contribution in [-0.2, 0) is 5.41 Å². The highest BCUT2D eigenvalue weighted by atomic mass is 15.4. The minimum absolute atomic E-state index is 0.0261. The van der Waals surface area contributed by atoms with E-state index in [4.69, 9.17) is 0 Å². The number of hydrogen-bond donors (Lipinski definition) is 0. The van der Waals surface area contributed by atoms with Crippen molar-refractivity contribution < 1.29 is 0 Å². The molecule has 0 spiro atoms. The average molecular weight is 190 g/mol. The first kappa shape index (κ1) is 9.12. The lowest BCUT2D eigenvalue weighted by molar-refractivity contribution is 0.526. The Bertz CT molecular complexity index is 464. The molecule has 0 aliphatic heterocycles. The van der Waals surface area contributed by atoms with E-state index >= 15 is 0 Å². The van der Waals surface area contributed by atoms with Crippen LogP contribution in [0.5, 0.6) is 0 Å². The molecule has 0 fully saturated rings. The van der Waals surface area contributed by atoms with Gasteiger partial charge in [0.15, 0.2) is 11.5 Å². The fraction of sp³-hybridized carbons (Fsp3) is 0.500. The van der Waals surface area contributed by atoms with Crippen LogP contribution in [0.1, 0.15) is 32.2 Å². The highest BCUT2D eigenvalue weighted by Crippen LogP contribution is 2.19. The van der Waals surface area contributed by atoms with Crippen molar-refractivity contribution in [2.24, 2.45) is 0 Å². The van der Waals surface area contributed by atoms with Gasteiger partial charge >= 0.3 is 0 Å². The molecule has 14 heavy (non-hydrogen) atoms. The van der Waals surface area contributed by atoms with Gasteiger partial charge in [-0.3, -0.25) is 0 Å². The summed E-state index contributed by atoms with van der Waals surface area (Å²) in [5, 5.41) is 12.6. The molecule has 74 valence electrons. The van der Waals surface area contributed by atoms with Crippen LogP contribution in [0.3, 0.4) is 0 Å². The quantitative estimate of drug-likeness (QED) is 0.635. The Morgan fingerprint density at radius 1 is 1.21 bits per heavy atom. The maximum atomic E-state index is 4.30. The molecule has 0 aromatic carbocycles. The molecular weight excluding hydrogens is 176 g/mol. The van der Waals surface area contributed by atoms with Crippen molar-refractivity contribution in [3.8, 4) is 0 Å². The Labute approximate surface area is 83.0 Å². The molecular formula is C10H14N4. The van der Waals surface area contributed by atoms with Crippen LogP contribution >= 0.6 is 0 Å². The molecule has 2 heterocycles. The van der Waals surface area contributed by atoms with Gasteiger partial charge in [-0.2, -0.15) is 9.61 Å². The third kappa shape index (κ3) is 1.36. The molecule has 4 nitrogen and oxygen atoms in total. The second-order valence-corrected chi connectivity index (χ2v) is 4.58. The molecule has 4 heteroatoms. The number of nitrogens with zero attached hydrogens (tertiary/aromatic N) is 4. The summed E-state index contributed by atoms with van der Waals surface area (Å²) in [6.07, 6.45) is 1.82. The minimum Gasteiger partial charge on any atom is -0.197 e. The van der Waals surface area contributed by atoms with E-state index in [9.17, 15) is 0 Å². The first-order chi connectivity index (χ1) is 6.48. The normalized spacial score (nSPS) is 12.3. The number of rotatable bonds is 0. The topological polar surface area (TPSA) is 43.1 Å². The van der Waals surface area contributed by atoms with Crippen LogP contribution in [0.25, 0.3) is 5.65 Å². The van der Waals surface area contributed by atoms with E-state index in [0.29, 0.717) is 0 Å². The summed E-state index contributed by atoms with van der Waals surface area (Å²) in [5.41, 5.74) is 1.89. The van der Waals surface area contributed by atoms with E-state index in [0.717, 1.165) is 17.0 Å². The molecule has 0 unspecified atom stereocenters. The van der Waals surface area contributed by atoms with Gasteiger partial charge in [-0.05, 0) is 18.6 Å². The summed E-state index contributed by atoms with van der Waals surface area (Å²) < 4.78 is 1.80. The van der Waals surface area contributed by atoms with E-state index in [-0.39, 0.29) is 5.41 Å². The first-order valence-electron chi connectivity index (χ1n) is 4.67. The lowest BCUT2D eigenvalue weighted by atomic mass is 9.96. The maximum Gasteiger partial charge on any atom is 0.178 e. The molecule has 0 saturated heterocycles. The van der Waals surface area contributed by atoms with Gasteiger partial charge in [-0.25, -0.2) is 0 Å². The Kier molecular flexibility index (Phi) is 1.80. The fourth-order valence-corrected chi connectivity index (χ4v) is 1.35. The molecule has 2 rings (SSSR count). The van der Waals surface area contributed by atoms with Crippen molar-refractivity contribution in [1.82, 2.24) is 19.8 Å². The van der Waals surface area contributed by atoms with Gasteiger partial charge in [0.2, 0.25) is 0 Å². The van der Waals surface area contributed by atoms with E-state index in [1.807, 2.05) is 19.2 Å². The summed E-state index contributed by atoms with van der Waals surface area (Å²) in [4.78, 5) is 0. The van der Waals surface area contributed by atoms with Gasteiger partial charge in [0, 0.05) is 5.41 Å². The fourth-order valence-electron chi connectivity index (χ4n) is 1.35. The standard InChI is InChI=1S/C10H14N4/c1-7-5-8-12-13-9(10(2,3)4)14(8)11-6-7/h5-6H,1-4H3. The third-order valence-electron chi connectivity index (χ3n) is 2.07. The summed E-state index contributed by atoms with van der Waals surface area (Å²) >= 11 is 0. The Morgan fingerprint density at radius 3 is 2.57 bits per heavy atom. The Morgan fingerprint density at radius 2 is 1.93 bits per heavy atom. The Balaban J connectivity index is 2.70. The summed E-state index contributed by atoms with van der Waals surface area (Å²) in [5.74, 6) is 0.896. The number of fused-ring (bicyclic) bond motifs is 1. The predicted molar refractivity (Wildman–Crippen MR) is 54.2 cm³/mol. The number of hydrogen-bond acceptors (Lipinski definition) is 3. The molecule has 0 bridgehead atoms. The Hall–Kier alpha value is -1.45. The molecule has 0 atom stereocenters. The zero-order valence-electron chi connectivity index (χ0n) is 8.94. The van der Waals surface area contributed by atoms with Crippen LogP contribution < -0.4 is 0 Å². The smallest absolute Gasteiger partial charge is 0.178 e. The molecule has 0 radical (unpaired) electrons. The molecule has 0 aliphatic carbocycles. The number of aromatic nitrogens is 4. The van der Waals surface area contributed by atoms with Crippen molar-refractivity contribution in [2.45, 2.75) is 33.1 Å². The highest BCUT2D eigenvalue weighted by molar-refractivity contribution is 5.38. The molecule has 0 amide bonds. The van der Waals surface area contributed by atoms with Gasteiger partial charge in [0.1, 0.15) is 0 Å². The second-order valence-electron chi connectivity index (χ2n) is 4.58. The zero-order valence-corrected chi connectivity index (χ0v) is 8.94. The third-order valence-corrected chi connectivity index (χ3v) is 2.07. The van der Waals surface area contributed by atoms with E-state index in [2.05, 4.69) is 36.1 Å². The minimum atomic E-state index is -0.0261. The van der Waals surface area contributed by atoms with Crippen molar-refractivity contribution in [1.29, 1.82) is 0 Å². The van der Waals surface area contributed by atoms with Gasteiger partial charge in [0.25, 0.3) is 0 Å². The van der Waals surface area contributed by atoms with Crippen LogP contribution in [-0.4, -0.2) is 19.8 Å². The van der Waals surface area contributed by atoms with Crippen LogP contribution in [0, 0.1) is 6.92 Å². The van der Waals surface area contributed by atoms with Crippen LogP contribution in [0.4, 0.5) is 0 Å². The molecule has 0 aliphatic rings. The van der Waals surface area contributed by atoms with Crippen molar-refractivity contribution >= 4 is 5.65 Å². The summed E-state index contributed by atoms with van der Waals surface area (Å²) in [6.45, 7) is 8.30. The predicted octanol–water partition coefficient (Wildman–Crippen LogP) is 1.73. The molecule has 2 aromatic heterocycles. The average Bonchev–Trinajstić information content (AvgIpc) is 2.45. The van der Waals surface area contributed by atoms with Crippen LogP contribution in [0.15, 0.2) is 12.3 Å². The molecule has 0 N–H and O–H groups in total. The van der Waals surface area contributed by atoms with Gasteiger partial charge in [-0.15, -0.1) is 10.2 Å². The SMILES string of the molecule is Cc1cnn2c(C(C)(C)C)nnc2c1. The highest BCUT2D eigenvalue weighted by Gasteiger charge is 2.21. The summed E-state index contributed by atoms with van der Waals surface area (Å²) in [6, 6.07) is 1.98. The monoisotopic (exact) mass is 190 g/mol. The van der Waals surface area contributed by atoms with E-state index in [1.54, 1.807) is 4.52 Å². The van der Waals surface area contributed by atoms with Gasteiger partial charge in [-0.1, -0.05) is 20.8 Å². The molecule has 0 saturated carbocycles. The van der Waals surface area contributed by atoms with Crippen molar-refractivity contribution in [3.63, 3.8) is 0 Å². The van der Waals surface area contributed by atoms with E-state index < -0.39 is 0 Å². The first-order valence-corrected chi connectivity index (χ1v) is 4.67. The van der Waals surface area contributed by atoms with Crippen LogP contribution in [0.2, 0.25) is 0 Å². The largest absolute Gasteiger partial charge is 0.197 e. The zero-order chi connectivity index (χ0) is 10.3. The number of aryl methyl sites for hydroxylation is 1. The second kappa shape index (κ2) is 2.77. The lowest BCUT2D eigenvalue weighted by Crippen LogP contribution is -2.17.